The van der Waals surface area contributed by atoms with Gasteiger partial charge in [0.15, 0.2) is 0 Å². The Morgan fingerprint density at radius 1 is 1.80 bits per heavy atom. The fraction of sp³-hybridized carbons (Fsp3) is 0.500. The second-order valence-corrected chi connectivity index (χ2v) is 2.23. The number of rotatable bonds is 1. The fourth-order valence-corrected chi connectivity index (χ4v) is 0.948. The van der Waals surface area contributed by atoms with E-state index >= 15 is 0 Å². The summed E-state index contributed by atoms with van der Waals surface area (Å²) < 4.78 is 0. The van der Waals surface area contributed by atoms with Crippen LogP contribution in [0.3, 0.4) is 0 Å². The third-order valence-corrected chi connectivity index (χ3v) is 1.43. The Labute approximate surface area is 59.7 Å². The molecule has 0 unspecified atom stereocenters. The van der Waals surface area contributed by atoms with E-state index in [4.69, 9.17) is 5.02 Å². The molecule has 0 bridgehead atoms. The molecule has 0 spiro atoms. The molecule has 52 valence electrons. The molecule has 0 aliphatic heterocycles. The number of ketones is 1. The first-order valence-electron chi connectivity index (χ1n) is 3.18. The fourth-order valence-electron chi connectivity index (χ4n) is 0.948. The molecule has 4 heteroatoms. The first-order valence-corrected chi connectivity index (χ1v) is 3.18. The summed E-state index contributed by atoms with van der Waals surface area (Å²) in [7, 11) is 0.761. The normalized spacial score (nSPS) is 25.2. The van der Waals surface area contributed by atoms with Crippen molar-refractivity contribution in [3.63, 3.8) is 0 Å². The molecular formula is C6H8BNO2. The number of carbonyl (C=O) groups excluding carboxylic acids is 1. The molecule has 0 radical (unpaired) electrons. The minimum atomic E-state index is -0.0394. The first-order chi connectivity index (χ1) is 4.83. The Morgan fingerprint density at radius 2 is 2.60 bits per heavy atom. The van der Waals surface area contributed by atoms with Crippen LogP contribution in [0.2, 0.25) is 0 Å². The molecule has 0 saturated heterocycles. The van der Waals surface area contributed by atoms with Crippen molar-refractivity contribution in [2.24, 2.45) is 4.90 Å². The van der Waals surface area contributed by atoms with Crippen molar-refractivity contribution in [1.82, 2.24) is 0 Å². The topological polar surface area (TPSA) is 49.7 Å². The van der Waals surface area contributed by atoms with Crippen molar-refractivity contribution in [3.8, 4) is 0 Å². The zero-order chi connectivity index (χ0) is 7.40. The second kappa shape index (κ2) is 3.30. The molecule has 1 atom stereocenters. The number of carbonyl (C=O) groups is 1. The third kappa shape index (κ3) is 1.79. The number of hydrogen-bond donors (Lipinski definition) is 1. The van der Waals surface area contributed by atoms with Crippen molar-refractivity contribution >= 4 is 13.1 Å². The molecular weight excluding hydrogens is 129 g/mol. The van der Waals surface area contributed by atoms with Gasteiger partial charge in [0.05, 0.1) is 0 Å². The van der Waals surface area contributed by atoms with Gasteiger partial charge in [-0.3, -0.25) is 0 Å². The van der Waals surface area contributed by atoms with E-state index in [-0.39, 0.29) is 11.8 Å². The van der Waals surface area contributed by atoms with E-state index in [0.717, 1.165) is 13.7 Å². The Bertz CT molecular complexity index is 188. The van der Waals surface area contributed by atoms with Crippen LogP contribution >= 0.6 is 0 Å². The van der Waals surface area contributed by atoms with E-state index in [1.807, 2.05) is 0 Å². The van der Waals surface area contributed by atoms with Gasteiger partial charge >= 0.3 is 58.8 Å². The SMILES string of the molecule is O=C1C=CC[C@H](/N=B/O)C1. The van der Waals surface area contributed by atoms with Gasteiger partial charge in [-0.15, -0.1) is 0 Å². The minimum absolute atomic E-state index is 0.0394. The predicted molar refractivity (Wildman–Crippen MR) is 37.6 cm³/mol. The van der Waals surface area contributed by atoms with Gasteiger partial charge in [-0.05, 0) is 0 Å². The molecule has 3 nitrogen and oxygen atoms in total. The third-order valence-electron chi connectivity index (χ3n) is 1.43. The van der Waals surface area contributed by atoms with Crippen molar-refractivity contribution in [2.45, 2.75) is 18.9 Å². The zero-order valence-corrected chi connectivity index (χ0v) is 5.53. The standard InChI is InChI=1S/C6H8BNO2/c9-6-3-1-2-5(4-6)8-7-10/h1,3,5,10H,2,4H2/t5-/m0/s1. The summed E-state index contributed by atoms with van der Waals surface area (Å²) in [4.78, 5) is 14.4. The number of hydrogen-bond acceptors (Lipinski definition) is 2. The van der Waals surface area contributed by atoms with Crippen LogP contribution in [0.25, 0.3) is 0 Å². The van der Waals surface area contributed by atoms with Crippen molar-refractivity contribution in [1.29, 1.82) is 0 Å². The van der Waals surface area contributed by atoms with Crippen LogP contribution in [0.1, 0.15) is 12.8 Å². The molecule has 1 aliphatic rings. The molecule has 1 N–H and O–H groups in total. The van der Waals surface area contributed by atoms with Crippen LogP contribution in [0.15, 0.2) is 17.0 Å². The summed E-state index contributed by atoms with van der Waals surface area (Å²) in [5, 5.41) is 8.28. The van der Waals surface area contributed by atoms with E-state index < -0.39 is 0 Å². The molecule has 1 aliphatic carbocycles. The average Bonchev–Trinajstić information content (AvgIpc) is 1.88. The van der Waals surface area contributed by atoms with Crippen LogP contribution in [-0.2, 0) is 4.79 Å². The Balaban J connectivity index is 2.52. The van der Waals surface area contributed by atoms with E-state index in [0.29, 0.717) is 6.42 Å². The summed E-state index contributed by atoms with van der Waals surface area (Å²) >= 11 is 0. The van der Waals surface area contributed by atoms with Crippen molar-refractivity contribution < 1.29 is 9.82 Å². The summed E-state index contributed by atoms with van der Waals surface area (Å²) in [6, 6.07) is -0.0394. The van der Waals surface area contributed by atoms with Crippen LogP contribution in [-0.4, -0.2) is 24.1 Å². The Morgan fingerprint density at radius 3 is 3.20 bits per heavy atom. The van der Waals surface area contributed by atoms with Crippen molar-refractivity contribution in [2.75, 3.05) is 0 Å². The Hall–Kier alpha value is -0.925. The predicted octanol–water partition coefficient (Wildman–Crippen LogP) is 0.0692. The maximum atomic E-state index is 10.7. The summed E-state index contributed by atoms with van der Waals surface area (Å²) in [6.45, 7) is 0. The van der Waals surface area contributed by atoms with E-state index in [1.54, 1.807) is 12.2 Å². The molecule has 0 amide bonds. The van der Waals surface area contributed by atoms with Gasteiger partial charge < -0.3 is 0 Å². The van der Waals surface area contributed by atoms with E-state index in [9.17, 15) is 4.79 Å². The van der Waals surface area contributed by atoms with Gasteiger partial charge in [0, 0.05) is 0 Å². The monoisotopic (exact) mass is 137 g/mol. The van der Waals surface area contributed by atoms with E-state index in [2.05, 4.69) is 4.90 Å². The second-order valence-electron chi connectivity index (χ2n) is 2.23. The average molecular weight is 137 g/mol. The molecule has 0 aromatic heterocycles. The molecule has 0 saturated carbocycles. The van der Waals surface area contributed by atoms with Crippen molar-refractivity contribution in [3.05, 3.63) is 12.2 Å². The van der Waals surface area contributed by atoms with Gasteiger partial charge in [0.1, 0.15) is 0 Å². The van der Waals surface area contributed by atoms with Crippen LogP contribution in [0, 0.1) is 0 Å². The number of nitrogens with zero attached hydrogens (tertiary/aromatic N) is 1. The summed E-state index contributed by atoms with van der Waals surface area (Å²) in [5.41, 5.74) is 0. The van der Waals surface area contributed by atoms with Gasteiger partial charge in [-0.2, -0.15) is 0 Å². The Kier molecular flexibility index (Phi) is 2.37. The van der Waals surface area contributed by atoms with Gasteiger partial charge in [-0.1, -0.05) is 0 Å². The van der Waals surface area contributed by atoms with Crippen LogP contribution in [0.4, 0.5) is 0 Å². The van der Waals surface area contributed by atoms with Crippen LogP contribution < -0.4 is 0 Å². The van der Waals surface area contributed by atoms with Gasteiger partial charge in [-0.25, -0.2) is 0 Å². The summed E-state index contributed by atoms with van der Waals surface area (Å²) in [6.07, 6.45) is 4.52. The maximum absolute atomic E-state index is 10.7. The summed E-state index contributed by atoms with van der Waals surface area (Å²) in [5.74, 6) is 0.0850. The number of allylic oxidation sites excluding steroid dienone is 1. The van der Waals surface area contributed by atoms with E-state index in [1.165, 1.54) is 0 Å². The molecule has 0 fully saturated rings. The molecule has 0 heterocycles. The first kappa shape index (κ1) is 7.19. The van der Waals surface area contributed by atoms with Gasteiger partial charge in [0.25, 0.3) is 0 Å². The molecule has 0 aromatic carbocycles. The quantitative estimate of drug-likeness (QED) is 0.519. The zero-order valence-electron chi connectivity index (χ0n) is 5.53. The molecule has 1 rings (SSSR count). The molecule has 0 aromatic rings. The molecule has 10 heavy (non-hydrogen) atoms. The van der Waals surface area contributed by atoms with Gasteiger partial charge in [0.2, 0.25) is 0 Å². The van der Waals surface area contributed by atoms with Crippen LogP contribution in [0.5, 0.6) is 0 Å².